The summed E-state index contributed by atoms with van der Waals surface area (Å²) in [4.78, 5) is 6.83. The fourth-order valence-electron chi connectivity index (χ4n) is 2.55. The topological polar surface area (TPSA) is 63.4 Å². The lowest BCUT2D eigenvalue weighted by Gasteiger charge is -2.25. The number of nitrogens with one attached hydrogen (secondary N) is 1. The zero-order valence-electron chi connectivity index (χ0n) is 10.8. The molecule has 0 spiro atoms. The van der Waals surface area contributed by atoms with Crippen LogP contribution in [0.3, 0.4) is 0 Å². The molecule has 1 atom stereocenters. The maximum Gasteiger partial charge on any atom is 0.258 e. The van der Waals surface area contributed by atoms with Gasteiger partial charge in [-0.3, -0.25) is 4.90 Å². The number of nitrogens with zero attached hydrogens (tertiary/aromatic N) is 3. The molecule has 0 aromatic carbocycles. The molecule has 1 aromatic rings. The molecular formula is C12H20N4O2. The van der Waals surface area contributed by atoms with Crippen molar-refractivity contribution >= 4 is 0 Å². The van der Waals surface area contributed by atoms with Gasteiger partial charge in [-0.2, -0.15) is 4.98 Å². The van der Waals surface area contributed by atoms with E-state index in [1.165, 1.54) is 0 Å². The standard InChI is InChI=1S/C12H20N4O2/c1-12(3-2-8-17-12)11-14-10(15-18-11)9-16-6-4-13-5-7-16/h13H,2-9H2,1H3. The van der Waals surface area contributed by atoms with Gasteiger partial charge >= 0.3 is 0 Å². The molecule has 2 aliphatic heterocycles. The summed E-state index contributed by atoms with van der Waals surface area (Å²) in [7, 11) is 0. The van der Waals surface area contributed by atoms with Gasteiger partial charge in [-0.15, -0.1) is 0 Å². The van der Waals surface area contributed by atoms with E-state index in [0.29, 0.717) is 5.89 Å². The fraction of sp³-hybridized carbons (Fsp3) is 0.833. The Hall–Kier alpha value is -0.980. The lowest BCUT2D eigenvalue weighted by atomic mass is 10.0. The number of rotatable bonds is 3. The number of hydrogen-bond acceptors (Lipinski definition) is 6. The van der Waals surface area contributed by atoms with Crippen molar-refractivity contribution < 1.29 is 9.26 Å². The van der Waals surface area contributed by atoms with Gasteiger partial charge in [-0.05, 0) is 19.8 Å². The first-order chi connectivity index (χ1) is 8.76. The van der Waals surface area contributed by atoms with Gasteiger partial charge in [0.05, 0.1) is 6.54 Å². The summed E-state index contributed by atoms with van der Waals surface area (Å²) in [5, 5.41) is 7.40. The van der Waals surface area contributed by atoms with Crippen molar-refractivity contribution in [1.82, 2.24) is 20.4 Å². The van der Waals surface area contributed by atoms with Crippen LogP contribution in [-0.4, -0.2) is 47.8 Å². The summed E-state index contributed by atoms with van der Waals surface area (Å²) in [5.74, 6) is 1.40. The Morgan fingerprint density at radius 2 is 2.22 bits per heavy atom. The smallest absolute Gasteiger partial charge is 0.258 e. The highest BCUT2D eigenvalue weighted by Crippen LogP contribution is 2.34. The molecule has 3 heterocycles. The Morgan fingerprint density at radius 3 is 2.94 bits per heavy atom. The Bertz CT molecular complexity index is 395. The van der Waals surface area contributed by atoms with Gasteiger partial charge < -0.3 is 14.6 Å². The van der Waals surface area contributed by atoms with E-state index in [1.54, 1.807) is 0 Å². The van der Waals surface area contributed by atoms with E-state index >= 15 is 0 Å². The van der Waals surface area contributed by atoms with Gasteiger partial charge in [0.2, 0.25) is 0 Å². The molecule has 6 heteroatoms. The number of hydrogen-bond donors (Lipinski definition) is 1. The molecule has 2 saturated heterocycles. The molecule has 1 unspecified atom stereocenters. The van der Waals surface area contributed by atoms with Gasteiger partial charge in [0.15, 0.2) is 5.82 Å². The molecule has 2 aliphatic rings. The van der Waals surface area contributed by atoms with Crippen LogP contribution in [0.1, 0.15) is 31.5 Å². The predicted octanol–water partition coefficient (Wildman–Crippen LogP) is 0.500. The summed E-state index contributed by atoms with van der Waals surface area (Å²) >= 11 is 0. The Kier molecular flexibility index (Phi) is 3.32. The molecule has 0 radical (unpaired) electrons. The van der Waals surface area contributed by atoms with Crippen LogP contribution in [0.5, 0.6) is 0 Å². The van der Waals surface area contributed by atoms with Crippen molar-refractivity contribution in [2.45, 2.75) is 31.9 Å². The monoisotopic (exact) mass is 252 g/mol. The molecule has 0 aliphatic carbocycles. The van der Waals surface area contributed by atoms with Crippen molar-refractivity contribution in [2.75, 3.05) is 32.8 Å². The second kappa shape index (κ2) is 4.95. The Morgan fingerprint density at radius 1 is 1.39 bits per heavy atom. The van der Waals surface area contributed by atoms with Crippen LogP contribution in [0, 0.1) is 0 Å². The minimum Gasteiger partial charge on any atom is -0.365 e. The van der Waals surface area contributed by atoms with Crippen LogP contribution >= 0.6 is 0 Å². The third-order valence-corrected chi connectivity index (χ3v) is 3.71. The first-order valence-electron chi connectivity index (χ1n) is 6.66. The van der Waals surface area contributed by atoms with Gasteiger partial charge in [0, 0.05) is 32.8 Å². The number of aromatic nitrogens is 2. The van der Waals surface area contributed by atoms with Crippen LogP contribution in [0.15, 0.2) is 4.52 Å². The summed E-state index contributed by atoms with van der Waals surface area (Å²) < 4.78 is 11.1. The molecule has 1 N–H and O–H groups in total. The normalized spacial score (nSPS) is 29.8. The van der Waals surface area contributed by atoms with Crippen molar-refractivity contribution in [3.05, 3.63) is 11.7 Å². The molecule has 0 bridgehead atoms. The van der Waals surface area contributed by atoms with Crippen molar-refractivity contribution in [2.24, 2.45) is 0 Å². The van der Waals surface area contributed by atoms with E-state index in [1.807, 2.05) is 6.92 Å². The Labute approximate surface area is 107 Å². The second-order valence-electron chi connectivity index (χ2n) is 5.22. The van der Waals surface area contributed by atoms with E-state index in [2.05, 4.69) is 20.4 Å². The lowest BCUT2D eigenvalue weighted by Crippen LogP contribution is -2.43. The molecule has 2 fully saturated rings. The van der Waals surface area contributed by atoms with E-state index in [9.17, 15) is 0 Å². The van der Waals surface area contributed by atoms with Gasteiger partial charge in [0.25, 0.3) is 5.89 Å². The largest absolute Gasteiger partial charge is 0.365 e. The van der Waals surface area contributed by atoms with Crippen molar-refractivity contribution in [3.63, 3.8) is 0 Å². The minimum absolute atomic E-state index is 0.366. The zero-order chi connectivity index (χ0) is 12.4. The van der Waals surface area contributed by atoms with Gasteiger partial charge in [-0.1, -0.05) is 5.16 Å². The quantitative estimate of drug-likeness (QED) is 0.845. The number of ether oxygens (including phenoxy) is 1. The van der Waals surface area contributed by atoms with Crippen LogP contribution in [-0.2, 0) is 16.9 Å². The summed E-state index contributed by atoms with van der Waals surface area (Å²) in [6, 6.07) is 0. The molecule has 1 aromatic heterocycles. The van der Waals surface area contributed by atoms with E-state index in [4.69, 9.17) is 9.26 Å². The Balaban J connectivity index is 1.65. The highest BCUT2D eigenvalue weighted by Gasteiger charge is 2.37. The zero-order valence-corrected chi connectivity index (χ0v) is 10.8. The third kappa shape index (κ3) is 2.41. The molecule has 0 amide bonds. The molecule has 18 heavy (non-hydrogen) atoms. The minimum atomic E-state index is -0.366. The molecular weight excluding hydrogens is 232 g/mol. The molecule has 6 nitrogen and oxygen atoms in total. The van der Waals surface area contributed by atoms with Crippen LogP contribution < -0.4 is 5.32 Å². The average molecular weight is 252 g/mol. The number of piperazine rings is 1. The highest BCUT2D eigenvalue weighted by molar-refractivity contribution is 5.00. The predicted molar refractivity (Wildman–Crippen MR) is 65.0 cm³/mol. The maximum absolute atomic E-state index is 5.71. The molecule has 100 valence electrons. The first kappa shape index (κ1) is 12.1. The van der Waals surface area contributed by atoms with E-state index in [0.717, 1.165) is 58.0 Å². The first-order valence-corrected chi connectivity index (χ1v) is 6.66. The van der Waals surface area contributed by atoms with E-state index < -0.39 is 0 Å². The van der Waals surface area contributed by atoms with Gasteiger partial charge in [0.1, 0.15) is 5.60 Å². The van der Waals surface area contributed by atoms with Crippen molar-refractivity contribution in [3.8, 4) is 0 Å². The van der Waals surface area contributed by atoms with Crippen molar-refractivity contribution in [1.29, 1.82) is 0 Å². The van der Waals surface area contributed by atoms with Crippen LogP contribution in [0.4, 0.5) is 0 Å². The molecule has 3 rings (SSSR count). The summed E-state index contributed by atoms with van der Waals surface area (Å²) in [6.45, 7) is 7.72. The summed E-state index contributed by atoms with van der Waals surface area (Å²) in [5.41, 5.74) is -0.366. The summed E-state index contributed by atoms with van der Waals surface area (Å²) in [6.07, 6.45) is 2.02. The molecule has 0 saturated carbocycles. The maximum atomic E-state index is 5.71. The SMILES string of the molecule is CC1(c2nc(CN3CCNCC3)no2)CCCO1. The fourth-order valence-corrected chi connectivity index (χ4v) is 2.55. The third-order valence-electron chi connectivity index (χ3n) is 3.71. The van der Waals surface area contributed by atoms with Gasteiger partial charge in [-0.25, -0.2) is 0 Å². The van der Waals surface area contributed by atoms with E-state index in [-0.39, 0.29) is 5.60 Å². The lowest BCUT2D eigenvalue weighted by molar-refractivity contribution is -0.00937. The van der Waals surface area contributed by atoms with Crippen LogP contribution in [0.25, 0.3) is 0 Å². The second-order valence-corrected chi connectivity index (χ2v) is 5.22. The van der Waals surface area contributed by atoms with Crippen LogP contribution in [0.2, 0.25) is 0 Å². The highest BCUT2D eigenvalue weighted by atomic mass is 16.5. The average Bonchev–Trinajstić information content (AvgIpc) is 3.01.